The molecule has 1 spiro atoms. The summed E-state index contributed by atoms with van der Waals surface area (Å²) in [5, 5.41) is 13.3. The summed E-state index contributed by atoms with van der Waals surface area (Å²) in [7, 11) is 1.48. The number of aliphatic hydroxyl groups is 1. The number of benzene rings is 5. The summed E-state index contributed by atoms with van der Waals surface area (Å²) < 4.78 is 29.6. The highest BCUT2D eigenvalue weighted by Gasteiger charge is 2.76. The molecule has 3 saturated heterocycles. The summed E-state index contributed by atoms with van der Waals surface area (Å²) in [6, 6.07) is 35.2. The van der Waals surface area contributed by atoms with Crippen LogP contribution in [0.4, 0.5) is 21.9 Å². The van der Waals surface area contributed by atoms with Gasteiger partial charge < -0.3 is 39.0 Å². The van der Waals surface area contributed by atoms with Crippen LogP contribution in [0.5, 0.6) is 5.75 Å². The fraction of sp³-hybridized carbons (Fsp3) is 0.333. The number of rotatable bonds is 12. The molecule has 4 heterocycles. The molecule has 0 unspecified atom stereocenters. The number of esters is 1. The normalized spacial score (nSPS) is 23.7. The zero-order chi connectivity index (χ0) is 48.9. The fourth-order valence-electron chi connectivity index (χ4n) is 11.1. The first-order chi connectivity index (χ1) is 34.8. The van der Waals surface area contributed by atoms with Gasteiger partial charge in [-0.25, -0.2) is 9.69 Å². The standard InChI is InChI=1S/C57H56N4O10/c1-67-35-36-70-56(66)60-46-28-23-39(22-21-38-13-5-2-6-14-38)37-45(46)57(55(60)65)48(53(63)58-42-24-26-43(27-25-42)59-29-32-68-33-30-59)50-54(64)71-51(41-17-9-4-10-18-41)49(40-15-7-3-8-16-40)61(50)52(57)44-19-11-12-20-47(44)69-34-31-62/h3-4,7-13,15-20,23-28,37,48-52,62H,2,5-6,14,29-36H2,1H3,(H,58,63)/t48-,49-,50-,51+,52+,57-/m1/s1. The Morgan fingerprint density at radius 2 is 1.55 bits per heavy atom. The lowest BCUT2D eigenvalue weighted by Gasteiger charge is -2.46. The second-order valence-electron chi connectivity index (χ2n) is 18.2. The third kappa shape index (κ3) is 8.95. The van der Waals surface area contributed by atoms with E-state index >= 15 is 14.4 Å². The summed E-state index contributed by atoms with van der Waals surface area (Å²) in [6.07, 6.45) is 4.11. The maximum Gasteiger partial charge on any atom is 0.421 e. The number of amides is 3. The van der Waals surface area contributed by atoms with Gasteiger partial charge in [0.05, 0.1) is 50.1 Å². The Kier molecular flexibility index (Phi) is 14.0. The van der Waals surface area contributed by atoms with Gasteiger partial charge in [0, 0.05) is 42.7 Å². The largest absolute Gasteiger partial charge is 0.491 e. The predicted octanol–water partition coefficient (Wildman–Crippen LogP) is 7.83. The zero-order valence-corrected chi connectivity index (χ0v) is 39.5. The van der Waals surface area contributed by atoms with Crippen molar-refractivity contribution in [2.75, 3.05) is 75.0 Å². The first-order valence-corrected chi connectivity index (χ1v) is 24.3. The first-order valence-electron chi connectivity index (χ1n) is 24.3. The number of allylic oxidation sites excluding steroid dienone is 2. The molecule has 0 bridgehead atoms. The number of carbonyl (C=O) groups excluding carboxylic acids is 4. The van der Waals surface area contributed by atoms with Crippen molar-refractivity contribution >= 4 is 40.9 Å². The maximum absolute atomic E-state index is 16.6. The van der Waals surface area contributed by atoms with Gasteiger partial charge in [0.2, 0.25) is 11.8 Å². The number of cyclic esters (lactones) is 1. The van der Waals surface area contributed by atoms with Crippen molar-refractivity contribution in [3.63, 3.8) is 0 Å². The number of hydrogen-bond donors (Lipinski definition) is 2. The minimum Gasteiger partial charge on any atom is -0.491 e. The molecule has 14 heteroatoms. The van der Waals surface area contributed by atoms with Crippen molar-refractivity contribution in [2.45, 2.75) is 55.3 Å². The minimum atomic E-state index is -2.09. The van der Waals surface area contributed by atoms with Crippen molar-refractivity contribution in [3.05, 3.63) is 167 Å². The number of nitrogens with zero attached hydrogens (tertiary/aromatic N) is 3. The van der Waals surface area contributed by atoms with Crippen LogP contribution in [0, 0.1) is 17.8 Å². The highest BCUT2D eigenvalue weighted by Crippen LogP contribution is 2.67. The molecule has 71 heavy (non-hydrogen) atoms. The van der Waals surface area contributed by atoms with Crippen molar-refractivity contribution in [3.8, 4) is 17.6 Å². The summed E-state index contributed by atoms with van der Waals surface area (Å²) in [6.45, 7) is 2.09. The smallest absolute Gasteiger partial charge is 0.421 e. The van der Waals surface area contributed by atoms with Gasteiger partial charge in [-0.3, -0.25) is 19.3 Å². The first kappa shape index (κ1) is 47.4. The van der Waals surface area contributed by atoms with Crippen molar-refractivity contribution in [2.24, 2.45) is 5.92 Å². The summed E-state index contributed by atoms with van der Waals surface area (Å²) in [5.41, 5.74) is 3.18. The van der Waals surface area contributed by atoms with Gasteiger partial charge in [-0.2, -0.15) is 0 Å². The van der Waals surface area contributed by atoms with Gasteiger partial charge in [0.1, 0.15) is 36.5 Å². The minimum absolute atomic E-state index is 0.0605. The highest BCUT2D eigenvalue weighted by molar-refractivity contribution is 6.24. The Morgan fingerprint density at radius 3 is 2.27 bits per heavy atom. The number of carbonyl (C=O) groups is 4. The Morgan fingerprint density at radius 1 is 0.817 bits per heavy atom. The van der Waals surface area contributed by atoms with E-state index in [0.29, 0.717) is 60.0 Å². The SMILES string of the molecule is COCCOC(=O)N1C(=O)[C@@]2(c3cc(C#CC4=CCCCC4)ccc31)[C@H](c1ccccc1OCCO)N1[C@H](c3ccccc3)[C@H](c3ccccc3)OC(=O)[C@H]1[C@@H]2C(=O)Nc1ccc(N2CCOCC2)cc1. The number of para-hydroxylation sites is 1. The molecular formula is C57H56N4O10. The quantitative estimate of drug-likeness (QED) is 0.0711. The summed E-state index contributed by atoms with van der Waals surface area (Å²) in [4.78, 5) is 68.0. The van der Waals surface area contributed by atoms with E-state index in [2.05, 4.69) is 28.1 Å². The van der Waals surface area contributed by atoms with Crippen molar-refractivity contribution < 1.29 is 48.0 Å². The number of anilines is 3. The number of nitrogens with one attached hydrogen (secondary N) is 1. The van der Waals surface area contributed by atoms with Crippen LogP contribution < -0.4 is 19.9 Å². The van der Waals surface area contributed by atoms with Crippen LogP contribution in [0.2, 0.25) is 0 Å². The molecule has 4 aliphatic heterocycles. The van der Waals surface area contributed by atoms with E-state index in [1.165, 1.54) is 7.11 Å². The molecule has 1 aliphatic carbocycles. The number of aliphatic hydroxyl groups excluding tert-OH is 1. The monoisotopic (exact) mass is 956 g/mol. The van der Waals surface area contributed by atoms with Crippen LogP contribution in [-0.2, 0) is 38.7 Å². The van der Waals surface area contributed by atoms with Crippen LogP contribution in [0.25, 0.3) is 0 Å². The number of hydrogen-bond acceptors (Lipinski definition) is 12. The Balaban J connectivity index is 1.25. The van der Waals surface area contributed by atoms with E-state index in [1.807, 2.05) is 83.8 Å². The second kappa shape index (κ2) is 21.0. The van der Waals surface area contributed by atoms with Crippen LogP contribution in [0.15, 0.2) is 139 Å². The van der Waals surface area contributed by atoms with Crippen LogP contribution in [0.3, 0.4) is 0 Å². The van der Waals surface area contributed by atoms with Gasteiger partial charge in [-0.05, 0) is 96.5 Å². The molecule has 3 amide bonds. The highest BCUT2D eigenvalue weighted by atomic mass is 16.6. The van der Waals surface area contributed by atoms with E-state index in [9.17, 15) is 9.90 Å². The average molecular weight is 957 g/mol. The summed E-state index contributed by atoms with van der Waals surface area (Å²) in [5.74, 6) is 3.26. The third-order valence-electron chi connectivity index (χ3n) is 14.2. The molecular weight excluding hydrogens is 901 g/mol. The molecule has 6 atom stereocenters. The fourth-order valence-corrected chi connectivity index (χ4v) is 11.1. The number of morpholine rings is 2. The number of imide groups is 1. The Hall–Kier alpha value is -7.28. The van der Waals surface area contributed by atoms with E-state index < -0.39 is 59.4 Å². The van der Waals surface area contributed by atoms with E-state index in [1.54, 1.807) is 48.5 Å². The van der Waals surface area contributed by atoms with Crippen LogP contribution in [0.1, 0.15) is 71.7 Å². The molecule has 0 saturated carbocycles. The number of methoxy groups -OCH3 is 1. The molecule has 364 valence electrons. The third-order valence-corrected chi connectivity index (χ3v) is 14.2. The van der Waals surface area contributed by atoms with Gasteiger partial charge in [0.15, 0.2) is 0 Å². The zero-order valence-electron chi connectivity index (χ0n) is 39.5. The van der Waals surface area contributed by atoms with Gasteiger partial charge >= 0.3 is 12.1 Å². The maximum atomic E-state index is 16.6. The Bertz CT molecular complexity index is 2860. The molecule has 14 nitrogen and oxygen atoms in total. The number of ether oxygens (including phenoxy) is 5. The van der Waals surface area contributed by atoms with Gasteiger partial charge in [-0.15, -0.1) is 0 Å². The van der Waals surface area contributed by atoms with Gasteiger partial charge in [0.25, 0.3) is 0 Å². The molecule has 10 rings (SSSR count). The van der Waals surface area contributed by atoms with Crippen molar-refractivity contribution in [1.29, 1.82) is 0 Å². The molecule has 0 aromatic heterocycles. The second-order valence-corrected chi connectivity index (χ2v) is 18.2. The van der Waals surface area contributed by atoms with E-state index in [-0.39, 0.29) is 32.1 Å². The lowest BCUT2D eigenvalue weighted by Crippen LogP contribution is -2.54. The van der Waals surface area contributed by atoms with Gasteiger partial charge in [-0.1, -0.05) is 96.8 Å². The average Bonchev–Trinajstić information content (AvgIpc) is 3.87. The summed E-state index contributed by atoms with van der Waals surface area (Å²) >= 11 is 0. The molecule has 5 aromatic carbocycles. The van der Waals surface area contributed by atoms with Crippen LogP contribution >= 0.6 is 0 Å². The lowest BCUT2D eigenvalue weighted by molar-refractivity contribution is -0.177. The molecule has 5 aromatic rings. The van der Waals surface area contributed by atoms with Crippen molar-refractivity contribution in [1.82, 2.24) is 4.90 Å². The Labute approximate surface area is 413 Å². The van der Waals surface area contributed by atoms with E-state index in [4.69, 9.17) is 23.7 Å². The number of fused-ring (bicyclic) bond motifs is 3. The van der Waals surface area contributed by atoms with E-state index in [0.717, 1.165) is 47.4 Å². The predicted molar refractivity (Wildman–Crippen MR) is 266 cm³/mol. The topological polar surface area (TPSA) is 156 Å². The molecule has 5 aliphatic rings. The molecule has 0 radical (unpaired) electrons. The molecule has 3 fully saturated rings. The van der Waals surface area contributed by atoms with Crippen LogP contribution in [-0.4, -0.2) is 99.8 Å². The lowest BCUT2D eigenvalue weighted by atomic mass is 9.65. The molecule has 2 N–H and O–H groups in total.